The predicted octanol–water partition coefficient (Wildman–Crippen LogP) is 3.11. The molecule has 0 saturated carbocycles. The molecule has 0 aliphatic carbocycles. The number of imide groups is 1. The lowest BCUT2D eigenvalue weighted by Gasteiger charge is -2.32. The first-order chi connectivity index (χ1) is 14.9. The van der Waals surface area contributed by atoms with Crippen LogP contribution in [0.15, 0.2) is 41.8 Å². The molecule has 0 bridgehead atoms. The van der Waals surface area contributed by atoms with Gasteiger partial charge in [0.2, 0.25) is 11.8 Å². The lowest BCUT2D eigenvalue weighted by molar-refractivity contribution is -0.152. The van der Waals surface area contributed by atoms with Crippen molar-refractivity contribution in [2.45, 2.75) is 38.3 Å². The summed E-state index contributed by atoms with van der Waals surface area (Å²) < 4.78 is 5.11. The third kappa shape index (κ3) is 3.21. The normalized spacial score (nSPS) is 27.5. The highest BCUT2D eigenvalue weighted by molar-refractivity contribution is 7.10. The first-order valence-electron chi connectivity index (χ1n) is 10.2. The molecule has 2 fully saturated rings. The highest BCUT2D eigenvalue weighted by Gasteiger charge is 2.68. The van der Waals surface area contributed by atoms with Gasteiger partial charge in [-0.15, -0.1) is 11.3 Å². The van der Waals surface area contributed by atoms with Crippen LogP contribution in [0, 0.1) is 11.8 Å². The van der Waals surface area contributed by atoms with Crippen LogP contribution in [0.2, 0.25) is 0 Å². The van der Waals surface area contributed by atoms with Crippen LogP contribution in [-0.2, 0) is 19.1 Å². The average Bonchev–Trinajstić information content (AvgIpc) is 3.45. The number of hydrogen-bond acceptors (Lipinski definition) is 7. The number of ketones is 1. The maximum absolute atomic E-state index is 13.7. The Balaban J connectivity index is 1.85. The number of rotatable bonds is 6. The van der Waals surface area contributed by atoms with E-state index in [0.717, 1.165) is 9.78 Å². The third-order valence-corrected chi connectivity index (χ3v) is 7.16. The molecular formula is C23H24N2O5S. The Morgan fingerprint density at radius 2 is 1.97 bits per heavy atom. The van der Waals surface area contributed by atoms with E-state index in [1.807, 2.05) is 24.4 Å². The number of esters is 1. The van der Waals surface area contributed by atoms with E-state index in [1.54, 1.807) is 24.3 Å². The van der Waals surface area contributed by atoms with Gasteiger partial charge in [0.15, 0.2) is 5.78 Å². The molecule has 8 heteroatoms. The largest absolute Gasteiger partial charge is 0.468 e. The van der Waals surface area contributed by atoms with Gasteiger partial charge in [-0.1, -0.05) is 31.5 Å². The molecule has 2 aliphatic heterocycles. The summed E-state index contributed by atoms with van der Waals surface area (Å²) in [5.41, 5.74) is -0.532. The highest BCUT2D eigenvalue weighted by Crippen LogP contribution is 2.52. The second kappa shape index (κ2) is 8.01. The maximum atomic E-state index is 13.7. The van der Waals surface area contributed by atoms with Crippen LogP contribution in [0.3, 0.4) is 0 Å². The van der Waals surface area contributed by atoms with E-state index in [1.165, 1.54) is 25.4 Å². The van der Waals surface area contributed by atoms with Crippen molar-refractivity contribution in [3.8, 4) is 0 Å². The molecule has 0 radical (unpaired) electrons. The fourth-order valence-electron chi connectivity index (χ4n) is 4.93. The molecule has 4 atom stereocenters. The van der Waals surface area contributed by atoms with Gasteiger partial charge in [-0.25, -0.2) is 4.90 Å². The number of Topliss-reactive ketones (excluding diaryl/α,β-unsaturated/α-hetero) is 1. The molecule has 1 N–H and O–H groups in total. The summed E-state index contributed by atoms with van der Waals surface area (Å²) >= 11 is 1.47. The number of thiophene rings is 1. The molecule has 4 rings (SSSR count). The molecule has 1 aromatic carbocycles. The van der Waals surface area contributed by atoms with Crippen LogP contribution in [-0.4, -0.2) is 36.2 Å². The van der Waals surface area contributed by atoms with Gasteiger partial charge in [-0.3, -0.25) is 24.5 Å². The van der Waals surface area contributed by atoms with Crippen molar-refractivity contribution in [1.82, 2.24) is 5.32 Å². The van der Waals surface area contributed by atoms with Crippen LogP contribution >= 0.6 is 11.3 Å². The van der Waals surface area contributed by atoms with E-state index in [9.17, 15) is 19.2 Å². The van der Waals surface area contributed by atoms with E-state index in [2.05, 4.69) is 5.32 Å². The average molecular weight is 441 g/mol. The van der Waals surface area contributed by atoms with Crippen LogP contribution in [0.25, 0.3) is 0 Å². The van der Waals surface area contributed by atoms with E-state index < -0.39 is 35.3 Å². The number of ether oxygens (including phenoxy) is 1. The van der Waals surface area contributed by atoms with Crippen molar-refractivity contribution in [2.75, 3.05) is 12.0 Å². The van der Waals surface area contributed by atoms with E-state index in [0.29, 0.717) is 24.1 Å². The minimum atomic E-state index is -1.29. The number of carbonyl (C=O) groups is 4. The Morgan fingerprint density at radius 3 is 2.58 bits per heavy atom. The summed E-state index contributed by atoms with van der Waals surface area (Å²) in [7, 11) is 1.30. The smallest absolute Gasteiger partial charge is 0.326 e. The minimum Gasteiger partial charge on any atom is -0.468 e. The second-order valence-electron chi connectivity index (χ2n) is 7.97. The number of carbonyl (C=O) groups excluding carboxylic acids is 4. The number of nitrogens with zero attached hydrogens (tertiary/aromatic N) is 1. The Morgan fingerprint density at radius 1 is 1.19 bits per heavy atom. The van der Waals surface area contributed by atoms with Crippen molar-refractivity contribution in [3.63, 3.8) is 0 Å². The van der Waals surface area contributed by atoms with Crippen LogP contribution in [0.5, 0.6) is 0 Å². The molecule has 3 heterocycles. The Kier molecular flexibility index (Phi) is 5.53. The van der Waals surface area contributed by atoms with Crippen molar-refractivity contribution in [1.29, 1.82) is 0 Å². The Bertz CT molecular complexity index is 1050. The molecule has 7 nitrogen and oxygen atoms in total. The monoisotopic (exact) mass is 440 g/mol. The maximum Gasteiger partial charge on any atom is 0.326 e. The van der Waals surface area contributed by atoms with E-state index in [4.69, 9.17) is 4.74 Å². The molecule has 2 aliphatic rings. The van der Waals surface area contributed by atoms with Gasteiger partial charge in [0.25, 0.3) is 0 Å². The Labute approximate surface area is 184 Å². The second-order valence-corrected chi connectivity index (χ2v) is 8.95. The fourth-order valence-corrected chi connectivity index (χ4v) is 5.75. The van der Waals surface area contributed by atoms with Gasteiger partial charge in [-0.2, -0.15) is 0 Å². The van der Waals surface area contributed by atoms with Crippen LogP contribution < -0.4 is 10.2 Å². The number of anilines is 1. The summed E-state index contributed by atoms with van der Waals surface area (Å²) in [5.74, 6) is -3.14. The number of hydrogen-bond donors (Lipinski definition) is 1. The first kappa shape index (κ1) is 21.4. The van der Waals surface area contributed by atoms with Gasteiger partial charge in [-0.05, 0) is 36.9 Å². The molecule has 31 heavy (non-hydrogen) atoms. The standard InChI is InChI=1S/C23H24N2O5S/c1-4-10-23(22(29)30-3)18-17(19(24-23)16-9-6-11-31-16)20(27)25(21(18)28)15-8-5-7-14(12-15)13(2)26/h5-9,11-12,17-19,24H,4,10H2,1-3H3/t17-,18-,19-,23+/m0/s1. The van der Waals surface area contributed by atoms with Crippen molar-refractivity contribution < 1.29 is 23.9 Å². The van der Waals surface area contributed by atoms with Crippen molar-refractivity contribution in [3.05, 3.63) is 52.2 Å². The third-order valence-electron chi connectivity index (χ3n) is 6.21. The van der Waals surface area contributed by atoms with Gasteiger partial charge in [0, 0.05) is 10.4 Å². The number of nitrogens with one attached hydrogen (secondary N) is 1. The number of benzene rings is 1. The van der Waals surface area contributed by atoms with Gasteiger partial charge >= 0.3 is 5.97 Å². The molecule has 1 aromatic heterocycles. The molecule has 2 aromatic rings. The summed E-state index contributed by atoms with van der Waals surface area (Å²) in [6.45, 7) is 3.36. The molecule has 2 amide bonds. The van der Waals surface area contributed by atoms with Crippen LogP contribution in [0.1, 0.15) is 48.0 Å². The summed E-state index contributed by atoms with van der Waals surface area (Å²) in [6.07, 6.45) is 0.993. The van der Waals surface area contributed by atoms with Crippen molar-refractivity contribution in [2.24, 2.45) is 11.8 Å². The van der Waals surface area contributed by atoms with E-state index >= 15 is 0 Å². The highest BCUT2D eigenvalue weighted by atomic mass is 32.1. The first-order valence-corrected chi connectivity index (χ1v) is 11.1. The zero-order valence-corrected chi connectivity index (χ0v) is 18.4. The summed E-state index contributed by atoms with van der Waals surface area (Å²) in [6, 6.07) is 9.77. The molecular weight excluding hydrogens is 416 g/mol. The predicted molar refractivity (Wildman–Crippen MR) is 116 cm³/mol. The number of methoxy groups -OCH3 is 1. The molecule has 0 spiro atoms. The van der Waals surface area contributed by atoms with Crippen LogP contribution in [0.4, 0.5) is 5.69 Å². The summed E-state index contributed by atoms with van der Waals surface area (Å²) in [4.78, 5) is 54.2. The Hall–Kier alpha value is -2.84. The zero-order chi connectivity index (χ0) is 22.3. The SMILES string of the molecule is CCC[C@@]1(C(=O)OC)N[C@@H](c2cccs2)[C@H]2C(=O)N(c3cccc(C(C)=O)c3)C(=O)[C@H]21. The molecule has 2 saturated heterocycles. The van der Waals surface area contributed by atoms with E-state index in [-0.39, 0.29) is 11.7 Å². The molecule has 0 unspecified atom stereocenters. The lowest BCUT2D eigenvalue weighted by Crippen LogP contribution is -2.56. The summed E-state index contributed by atoms with van der Waals surface area (Å²) in [5, 5.41) is 5.24. The van der Waals surface area contributed by atoms with Gasteiger partial charge in [0.05, 0.1) is 30.7 Å². The van der Waals surface area contributed by atoms with Crippen molar-refractivity contribution >= 4 is 40.6 Å². The van der Waals surface area contributed by atoms with Gasteiger partial charge < -0.3 is 4.74 Å². The zero-order valence-electron chi connectivity index (χ0n) is 17.6. The topological polar surface area (TPSA) is 92.8 Å². The lowest BCUT2D eigenvalue weighted by atomic mass is 9.77. The molecule has 162 valence electrons. The fraction of sp³-hybridized carbons (Fsp3) is 0.391. The number of fused-ring (bicyclic) bond motifs is 1. The van der Waals surface area contributed by atoms with Gasteiger partial charge in [0.1, 0.15) is 5.54 Å². The minimum absolute atomic E-state index is 0.158. The quantitative estimate of drug-likeness (QED) is 0.422. The number of amides is 2.